The van der Waals surface area contributed by atoms with Gasteiger partial charge in [0.05, 0.1) is 16.6 Å². The van der Waals surface area contributed by atoms with Gasteiger partial charge < -0.3 is 4.65 Å². The third-order valence-electron chi connectivity index (χ3n) is 6.79. The fraction of sp³-hybridized carbons (Fsp3) is 0.348. The van der Waals surface area contributed by atoms with E-state index in [1.807, 2.05) is 0 Å². The van der Waals surface area contributed by atoms with E-state index in [-0.39, 0.29) is 17.9 Å². The lowest BCUT2D eigenvalue weighted by Crippen LogP contribution is -2.53. The van der Waals surface area contributed by atoms with Gasteiger partial charge in [-0.15, -0.1) is 0 Å². The van der Waals surface area contributed by atoms with Gasteiger partial charge in [0.1, 0.15) is 5.65 Å². The predicted molar refractivity (Wildman–Crippen MR) is 114 cm³/mol. The zero-order chi connectivity index (χ0) is 18.8. The molecule has 0 radical (unpaired) electrons. The van der Waals surface area contributed by atoms with Gasteiger partial charge in [0.15, 0.2) is 0 Å². The highest BCUT2D eigenvalue weighted by molar-refractivity contribution is 6.67. The Morgan fingerprint density at radius 1 is 1.04 bits per heavy atom. The van der Waals surface area contributed by atoms with Crippen LogP contribution in [0.3, 0.4) is 0 Å². The Bertz CT molecular complexity index is 1180. The highest BCUT2D eigenvalue weighted by Crippen LogP contribution is 2.43. The van der Waals surface area contributed by atoms with Gasteiger partial charge in [-0.1, -0.05) is 44.2 Å². The Labute approximate surface area is 160 Å². The monoisotopic (exact) mass is 356 g/mol. The number of pyridine rings is 1. The van der Waals surface area contributed by atoms with Crippen LogP contribution in [0.2, 0.25) is 6.32 Å². The van der Waals surface area contributed by atoms with Gasteiger partial charge in [-0.2, -0.15) is 0 Å². The molecule has 0 spiro atoms. The minimum atomic E-state index is -0.138. The van der Waals surface area contributed by atoms with Crippen molar-refractivity contribution < 1.29 is 4.65 Å². The second-order valence-corrected chi connectivity index (χ2v) is 9.00. The third-order valence-corrected chi connectivity index (χ3v) is 6.79. The molecule has 0 aliphatic carbocycles. The molecule has 3 heterocycles. The summed E-state index contributed by atoms with van der Waals surface area (Å²) in [5, 5.41) is 2.41. The second kappa shape index (κ2) is 5.59. The number of rotatable bonds is 1. The summed E-state index contributed by atoms with van der Waals surface area (Å²) >= 11 is 0. The topological polar surface area (TPSA) is 26.5 Å². The Morgan fingerprint density at radius 2 is 1.85 bits per heavy atom. The minimum absolute atomic E-state index is 0.138. The normalized spacial score (nSPS) is 19.2. The van der Waals surface area contributed by atoms with Gasteiger partial charge in [0.25, 0.3) is 0 Å². The molecule has 0 bridgehead atoms. The van der Waals surface area contributed by atoms with Gasteiger partial charge in [-0.3, -0.25) is 4.40 Å². The summed E-state index contributed by atoms with van der Waals surface area (Å²) in [4.78, 5) is 4.90. The standard InChI is InChI=1S/C23H25BN2O/c1-22(2)12-13-24(27-23(22,3)4)17-9-10-19-20(15-17)26-14-11-16-7-5-6-8-18(16)21(26)25-19/h5-11,14-15H,12-13H2,1-4H3. The molecule has 3 nitrogen and oxygen atoms in total. The Kier molecular flexibility index (Phi) is 3.48. The van der Waals surface area contributed by atoms with Crippen LogP contribution >= 0.6 is 0 Å². The third kappa shape index (κ3) is 2.50. The smallest absolute Gasteiger partial charge is 0.327 e. The van der Waals surface area contributed by atoms with Gasteiger partial charge in [0, 0.05) is 11.6 Å². The number of hydrogen-bond donors (Lipinski definition) is 0. The predicted octanol–water partition coefficient (Wildman–Crippen LogP) is 5.06. The SMILES string of the molecule is CC1(C)CCB(c2ccc3nc4c5ccccc5ccn4c3c2)OC1(C)C. The highest BCUT2D eigenvalue weighted by atomic mass is 16.5. The maximum absolute atomic E-state index is 6.55. The Hall–Kier alpha value is -2.33. The first-order chi connectivity index (χ1) is 12.9. The molecule has 2 aromatic carbocycles. The van der Waals surface area contributed by atoms with E-state index in [1.165, 1.54) is 22.7 Å². The van der Waals surface area contributed by atoms with Crippen molar-refractivity contribution in [1.82, 2.24) is 9.38 Å². The molecule has 0 N–H and O–H groups in total. The Balaban J connectivity index is 1.63. The molecule has 4 aromatic rings. The maximum Gasteiger partial charge on any atom is 0.327 e. The van der Waals surface area contributed by atoms with Crippen LogP contribution in [0.25, 0.3) is 27.5 Å². The molecule has 136 valence electrons. The van der Waals surface area contributed by atoms with Gasteiger partial charge in [-0.25, -0.2) is 4.98 Å². The van der Waals surface area contributed by atoms with Gasteiger partial charge in [0.2, 0.25) is 0 Å². The zero-order valence-electron chi connectivity index (χ0n) is 16.5. The maximum atomic E-state index is 6.55. The Morgan fingerprint density at radius 3 is 2.67 bits per heavy atom. The van der Waals surface area contributed by atoms with Crippen molar-refractivity contribution in [3.05, 3.63) is 54.7 Å². The summed E-state index contributed by atoms with van der Waals surface area (Å²) in [6, 6.07) is 17.2. The van der Waals surface area contributed by atoms with Crippen LogP contribution < -0.4 is 5.46 Å². The summed E-state index contributed by atoms with van der Waals surface area (Å²) in [6.45, 7) is 9.20. The van der Waals surface area contributed by atoms with Crippen molar-refractivity contribution in [1.29, 1.82) is 0 Å². The first-order valence-electron chi connectivity index (χ1n) is 9.83. The highest BCUT2D eigenvalue weighted by Gasteiger charge is 2.45. The van der Waals surface area contributed by atoms with Crippen LogP contribution in [0.4, 0.5) is 0 Å². The molecule has 0 unspecified atom stereocenters. The molecule has 4 heteroatoms. The zero-order valence-corrected chi connectivity index (χ0v) is 16.5. The molecule has 27 heavy (non-hydrogen) atoms. The van der Waals surface area contributed by atoms with Crippen molar-refractivity contribution in [2.75, 3.05) is 0 Å². The van der Waals surface area contributed by atoms with Gasteiger partial charge >= 0.3 is 6.92 Å². The number of hydrogen-bond acceptors (Lipinski definition) is 2. The lowest BCUT2D eigenvalue weighted by Gasteiger charge is -2.48. The molecular weight excluding hydrogens is 331 g/mol. The fourth-order valence-electron chi connectivity index (χ4n) is 4.25. The van der Waals surface area contributed by atoms with E-state index in [0.29, 0.717) is 0 Å². The van der Waals surface area contributed by atoms with E-state index in [0.717, 1.165) is 23.0 Å². The molecule has 1 fully saturated rings. The molecule has 0 amide bonds. The fourth-order valence-corrected chi connectivity index (χ4v) is 4.25. The van der Waals surface area contributed by atoms with E-state index < -0.39 is 0 Å². The molecule has 1 saturated heterocycles. The van der Waals surface area contributed by atoms with Crippen molar-refractivity contribution in [2.45, 2.75) is 46.0 Å². The number of benzene rings is 2. The quantitative estimate of drug-likeness (QED) is 0.446. The minimum Gasteiger partial charge on any atom is -0.426 e. The molecule has 0 saturated carbocycles. The van der Waals surface area contributed by atoms with Crippen LogP contribution in [0.5, 0.6) is 0 Å². The summed E-state index contributed by atoms with van der Waals surface area (Å²) < 4.78 is 8.76. The van der Waals surface area contributed by atoms with Crippen LogP contribution in [0.1, 0.15) is 34.1 Å². The van der Waals surface area contributed by atoms with Crippen molar-refractivity contribution >= 4 is 39.8 Å². The van der Waals surface area contributed by atoms with Crippen LogP contribution in [0, 0.1) is 5.41 Å². The lowest BCUT2D eigenvalue weighted by atomic mass is 9.50. The number of aromatic nitrogens is 2. The van der Waals surface area contributed by atoms with Crippen molar-refractivity contribution in [3.8, 4) is 0 Å². The lowest BCUT2D eigenvalue weighted by molar-refractivity contribution is -0.0311. The number of nitrogens with zero attached hydrogens (tertiary/aromatic N) is 2. The molecule has 1 aliphatic heterocycles. The van der Waals surface area contributed by atoms with Crippen molar-refractivity contribution in [2.24, 2.45) is 5.41 Å². The molecule has 2 aromatic heterocycles. The largest absolute Gasteiger partial charge is 0.426 e. The van der Waals surface area contributed by atoms with E-state index >= 15 is 0 Å². The number of fused-ring (bicyclic) bond motifs is 5. The van der Waals surface area contributed by atoms with Crippen LogP contribution in [-0.2, 0) is 4.65 Å². The molecular formula is C23H25BN2O. The second-order valence-electron chi connectivity index (χ2n) is 9.00. The molecule has 1 aliphatic rings. The average molecular weight is 356 g/mol. The summed E-state index contributed by atoms with van der Waals surface area (Å²) in [5.74, 6) is 0. The average Bonchev–Trinajstić information content (AvgIpc) is 3.02. The first-order valence-corrected chi connectivity index (χ1v) is 9.83. The van der Waals surface area contributed by atoms with E-state index in [4.69, 9.17) is 9.64 Å². The molecule has 0 atom stereocenters. The van der Waals surface area contributed by atoms with Crippen LogP contribution in [-0.4, -0.2) is 21.9 Å². The summed E-state index contributed by atoms with van der Waals surface area (Å²) in [7, 11) is 0. The summed E-state index contributed by atoms with van der Waals surface area (Å²) in [6.07, 6.45) is 4.35. The van der Waals surface area contributed by atoms with E-state index in [2.05, 4.69) is 86.8 Å². The van der Waals surface area contributed by atoms with Crippen LogP contribution in [0.15, 0.2) is 54.7 Å². The first kappa shape index (κ1) is 16.8. The van der Waals surface area contributed by atoms with Gasteiger partial charge in [-0.05, 0) is 61.1 Å². The number of imidazole rings is 1. The van der Waals surface area contributed by atoms with E-state index in [1.54, 1.807) is 0 Å². The summed E-state index contributed by atoms with van der Waals surface area (Å²) in [5.41, 5.74) is 4.51. The van der Waals surface area contributed by atoms with Crippen molar-refractivity contribution in [3.63, 3.8) is 0 Å². The van der Waals surface area contributed by atoms with E-state index in [9.17, 15) is 0 Å². The molecule has 5 rings (SSSR count).